The maximum Gasteiger partial charge on any atom is 0.224 e. The molecule has 94 valence electrons. The van der Waals surface area contributed by atoms with Crippen molar-refractivity contribution in [1.29, 1.82) is 0 Å². The van der Waals surface area contributed by atoms with Crippen molar-refractivity contribution in [2.45, 2.75) is 13.0 Å². The third-order valence-electron chi connectivity index (χ3n) is 2.57. The van der Waals surface area contributed by atoms with Crippen LogP contribution in [-0.2, 0) is 17.8 Å². The number of rotatable bonds is 5. The predicted molar refractivity (Wildman–Crippen MR) is 72.9 cm³/mol. The van der Waals surface area contributed by atoms with E-state index >= 15 is 0 Å². The average molecular weight is 261 g/mol. The minimum atomic E-state index is 0.0382. The van der Waals surface area contributed by atoms with Crippen molar-refractivity contribution < 1.29 is 9.53 Å². The van der Waals surface area contributed by atoms with Gasteiger partial charge in [-0.15, -0.1) is 0 Å². The van der Waals surface area contributed by atoms with Crippen molar-refractivity contribution in [2.24, 2.45) is 0 Å². The summed E-state index contributed by atoms with van der Waals surface area (Å²) in [6, 6.07) is 9.66. The lowest BCUT2D eigenvalue weighted by Crippen LogP contribution is -2.24. The Balaban J connectivity index is 1.85. The van der Waals surface area contributed by atoms with E-state index in [-0.39, 0.29) is 5.91 Å². The number of amides is 1. The Morgan fingerprint density at radius 1 is 1.33 bits per heavy atom. The lowest BCUT2D eigenvalue weighted by atomic mass is 10.2. The second-order valence-corrected chi connectivity index (χ2v) is 4.72. The van der Waals surface area contributed by atoms with Crippen LogP contribution in [0, 0.1) is 0 Å². The Morgan fingerprint density at radius 2 is 2.22 bits per heavy atom. The molecule has 1 heterocycles. The first-order chi connectivity index (χ1) is 8.78. The van der Waals surface area contributed by atoms with E-state index < -0.39 is 0 Å². The van der Waals surface area contributed by atoms with Crippen molar-refractivity contribution in [1.82, 2.24) is 5.32 Å². The molecule has 0 radical (unpaired) electrons. The van der Waals surface area contributed by atoms with E-state index in [4.69, 9.17) is 4.74 Å². The second-order valence-electron chi connectivity index (χ2n) is 3.94. The average Bonchev–Trinajstić information content (AvgIpc) is 2.89. The molecule has 1 aromatic heterocycles. The lowest BCUT2D eigenvalue weighted by Gasteiger charge is -2.06. The Bertz CT molecular complexity index is 508. The summed E-state index contributed by atoms with van der Waals surface area (Å²) in [7, 11) is 1.63. The molecule has 18 heavy (non-hydrogen) atoms. The zero-order chi connectivity index (χ0) is 12.8. The van der Waals surface area contributed by atoms with Crippen LogP contribution >= 0.6 is 11.3 Å². The van der Waals surface area contributed by atoms with Gasteiger partial charge in [0.05, 0.1) is 13.5 Å². The predicted octanol–water partition coefficient (Wildman–Crippen LogP) is 2.62. The highest BCUT2D eigenvalue weighted by atomic mass is 32.1. The van der Waals surface area contributed by atoms with Gasteiger partial charge in [0.15, 0.2) is 0 Å². The third-order valence-corrected chi connectivity index (χ3v) is 3.30. The molecule has 1 aromatic carbocycles. The van der Waals surface area contributed by atoms with E-state index in [0.717, 1.165) is 16.9 Å². The molecule has 0 aliphatic rings. The SMILES string of the molecule is COc1cccc(CNC(=O)Cc2ccsc2)c1. The van der Waals surface area contributed by atoms with Gasteiger partial charge in [0.2, 0.25) is 5.91 Å². The molecule has 0 saturated heterocycles. The van der Waals surface area contributed by atoms with Crippen LogP contribution in [0.15, 0.2) is 41.1 Å². The lowest BCUT2D eigenvalue weighted by molar-refractivity contribution is -0.120. The summed E-state index contributed by atoms with van der Waals surface area (Å²) >= 11 is 1.60. The van der Waals surface area contributed by atoms with Gasteiger partial charge in [-0.2, -0.15) is 11.3 Å². The highest BCUT2D eigenvalue weighted by molar-refractivity contribution is 7.07. The van der Waals surface area contributed by atoms with E-state index in [1.54, 1.807) is 18.4 Å². The Morgan fingerprint density at radius 3 is 2.94 bits per heavy atom. The molecule has 4 heteroatoms. The Hall–Kier alpha value is -1.81. The first-order valence-electron chi connectivity index (χ1n) is 5.68. The molecule has 0 unspecified atom stereocenters. The number of thiophene rings is 1. The van der Waals surface area contributed by atoms with E-state index in [0.29, 0.717) is 13.0 Å². The summed E-state index contributed by atoms with van der Waals surface area (Å²) in [5.41, 5.74) is 2.09. The number of methoxy groups -OCH3 is 1. The standard InChI is InChI=1S/C14H15NO2S/c1-17-13-4-2-3-11(7-13)9-15-14(16)8-12-5-6-18-10-12/h2-7,10H,8-9H2,1H3,(H,15,16). The van der Waals surface area contributed by atoms with Crippen LogP contribution < -0.4 is 10.1 Å². The van der Waals surface area contributed by atoms with Gasteiger partial charge in [-0.25, -0.2) is 0 Å². The fourth-order valence-electron chi connectivity index (χ4n) is 1.62. The van der Waals surface area contributed by atoms with Crippen LogP contribution in [0.1, 0.15) is 11.1 Å². The summed E-state index contributed by atoms with van der Waals surface area (Å²) in [6.07, 6.45) is 0.438. The smallest absolute Gasteiger partial charge is 0.224 e. The topological polar surface area (TPSA) is 38.3 Å². The molecule has 2 rings (SSSR count). The van der Waals surface area contributed by atoms with Crippen LogP contribution in [0.25, 0.3) is 0 Å². The van der Waals surface area contributed by atoms with E-state index in [2.05, 4.69) is 5.32 Å². The molecular formula is C14H15NO2S. The molecule has 1 N–H and O–H groups in total. The van der Waals surface area contributed by atoms with Crippen LogP contribution in [0.5, 0.6) is 5.75 Å². The number of benzene rings is 1. The molecule has 0 fully saturated rings. The van der Waals surface area contributed by atoms with Crippen molar-refractivity contribution >= 4 is 17.2 Å². The first-order valence-corrected chi connectivity index (χ1v) is 6.63. The van der Waals surface area contributed by atoms with Crippen molar-refractivity contribution in [3.8, 4) is 5.75 Å². The summed E-state index contributed by atoms with van der Waals surface area (Å²) in [4.78, 5) is 11.7. The fraction of sp³-hybridized carbons (Fsp3) is 0.214. The molecule has 0 saturated carbocycles. The zero-order valence-corrected chi connectivity index (χ0v) is 11.0. The molecule has 0 spiro atoms. The Kier molecular flexibility index (Phi) is 4.36. The molecule has 0 aliphatic heterocycles. The minimum absolute atomic E-state index is 0.0382. The normalized spacial score (nSPS) is 10.1. The van der Waals surface area contributed by atoms with Gasteiger partial charge in [0, 0.05) is 6.54 Å². The first kappa shape index (κ1) is 12.6. The number of ether oxygens (including phenoxy) is 1. The molecule has 0 bridgehead atoms. The van der Waals surface area contributed by atoms with Crippen LogP contribution in [-0.4, -0.2) is 13.0 Å². The van der Waals surface area contributed by atoms with E-state index in [9.17, 15) is 4.79 Å². The molecule has 0 aliphatic carbocycles. The second kappa shape index (κ2) is 6.21. The minimum Gasteiger partial charge on any atom is -0.497 e. The molecular weight excluding hydrogens is 246 g/mol. The number of nitrogens with one attached hydrogen (secondary N) is 1. The van der Waals surface area contributed by atoms with Crippen LogP contribution in [0.2, 0.25) is 0 Å². The summed E-state index contributed by atoms with van der Waals surface area (Å²) in [5, 5.41) is 6.87. The fourth-order valence-corrected chi connectivity index (χ4v) is 2.29. The largest absolute Gasteiger partial charge is 0.497 e. The van der Waals surface area contributed by atoms with Gasteiger partial charge in [0.1, 0.15) is 5.75 Å². The number of hydrogen-bond donors (Lipinski definition) is 1. The highest BCUT2D eigenvalue weighted by Gasteiger charge is 2.03. The maximum atomic E-state index is 11.7. The van der Waals surface area contributed by atoms with Gasteiger partial charge < -0.3 is 10.1 Å². The number of carbonyl (C=O) groups excluding carboxylic acids is 1. The van der Waals surface area contributed by atoms with Gasteiger partial charge >= 0.3 is 0 Å². The van der Waals surface area contributed by atoms with Crippen LogP contribution in [0.4, 0.5) is 0 Å². The van der Waals surface area contributed by atoms with E-state index in [1.165, 1.54) is 0 Å². The van der Waals surface area contributed by atoms with E-state index in [1.807, 2.05) is 41.1 Å². The van der Waals surface area contributed by atoms with Crippen molar-refractivity contribution in [2.75, 3.05) is 7.11 Å². The molecule has 3 nitrogen and oxygen atoms in total. The molecule has 2 aromatic rings. The molecule has 0 atom stereocenters. The van der Waals surface area contributed by atoms with Gasteiger partial charge in [-0.3, -0.25) is 4.79 Å². The van der Waals surface area contributed by atoms with Crippen molar-refractivity contribution in [3.63, 3.8) is 0 Å². The van der Waals surface area contributed by atoms with Gasteiger partial charge in [0.25, 0.3) is 0 Å². The summed E-state index contributed by atoms with van der Waals surface area (Å²) in [5.74, 6) is 0.843. The summed E-state index contributed by atoms with van der Waals surface area (Å²) in [6.45, 7) is 0.528. The number of carbonyl (C=O) groups is 1. The monoisotopic (exact) mass is 261 g/mol. The third kappa shape index (κ3) is 3.60. The maximum absolute atomic E-state index is 11.7. The van der Waals surface area contributed by atoms with Gasteiger partial charge in [-0.05, 0) is 40.1 Å². The van der Waals surface area contributed by atoms with Gasteiger partial charge in [-0.1, -0.05) is 12.1 Å². The summed E-state index contributed by atoms with van der Waals surface area (Å²) < 4.78 is 5.14. The molecule has 1 amide bonds. The highest BCUT2D eigenvalue weighted by Crippen LogP contribution is 2.12. The van der Waals surface area contributed by atoms with Crippen molar-refractivity contribution in [3.05, 3.63) is 52.2 Å². The number of hydrogen-bond acceptors (Lipinski definition) is 3. The zero-order valence-electron chi connectivity index (χ0n) is 10.2. The Labute approximate surface area is 110 Å². The van der Waals surface area contributed by atoms with Crippen LogP contribution in [0.3, 0.4) is 0 Å². The quantitative estimate of drug-likeness (QED) is 0.898.